The molecule has 1 aromatic heterocycles. The summed E-state index contributed by atoms with van der Waals surface area (Å²) in [5.74, 6) is -2.79. The average Bonchev–Trinajstić information content (AvgIpc) is 2.15. The number of amides is 1. The number of halogens is 3. The third-order valence-corrected chi connectivity index (χ3v) is 1.62. The second-order valence-corrected chi connectivity index (χ2v) is 2.65. The van der Waals surface area contributed by atoms with Crippen molar-refractivity contribution in [3.63, 3.8) is 0 Å². The number of carbonyl (C=O) groups excluding carboxylic acids is 1. The minimum atomic E-state index is -3.31. The summed E-state index contributed by atoms with van der Waals surface area (Å²) in [5, 5.41) is 10.3. The van der Waals surface area contributed by atoms with Gasteiger partial charge in [0.25, 0.3) is 18.0 Å². The third-order valence-electron chi connectivity index (χ3n) is 1.62. The lowest BCUT2D eigenvalue weighted by Gasteiger charge is -2.03. The first-order valence-electron chi connectivity index (χ1n) is 3.77. The number of nitro groups is 1. The van der Waals surface area contributed by atoms with Gasteiger partial charge in [-0.2, -0.15) is 0 Å². The first-order chi connectivity index (χ1) is 7.34. The van der Waals surface area contributed by atoms with Gasteiger partial charge in [-0.3, -0.25) is 14.9 Å². The van der Waals surface area contributed by atoms with Gasteiger partial charge in [-0.15, -0.1) is 0 Å². The van der Waals surface area contributed by atoms with Crippen molar-refractivity contribution in [2.75, 3.05) is 0 Å². The molecule has 0 saturated carbocycles. The van der Waals surface area contributed by atoms with Gasteiger partial charge < -0.3 is 5.73 Å². The van der Waals surface area contributed by atoms with Gasteiger partial charge in [-0.05, 0) is 0 Å². The zero-order chi connectivity index (χ0) is 12.5. The summed E-state index contributed by atoms with van der Waals surface area (Å²) >= 11 is 0. The second-order valence-electron chi connectivity index (χ2n) is 2.65. The molecule has 16 heavy (non-hydrogen) atoms. The van der Waals surface area contributed by atoms with E-state index in [0.29, 0.717) is 0 Å². The van der Waals surface area contributed by atoms with E-state index in [2.05, 4.69) is 10.7 Å². The maximum atomic E-state index is 13.0. The highest BCUT2D eigenvalue weighted by molar-refractivity contribution is 5.91. The van der Waals surface area contributed by atoms with Crippen molar-refractivity contribution in [3.05, 3.63) is 33.4 Å². The SMILES string of the molecule is NC(=O)c1nc(C(F)F)c([N+](=O)[O-])cc1F. The van der Waals surface area contributed by atoms with Gasteiger partial charge in [0.05, 0.1) is 11.0 Å². The molecular weight excluding hydrogens is 231 g/mol. The molecule has 9 heteroatoms. The lowest BCUT2D eigenvalue weighted by Crippen LogP contribution is -2.17. The third kappa shape index (κ3) is 2.07. The number of aromatic nitrogens is 1. The lowest BCUT2D eigenvalue weighted by atomic mass is 10.2. The predicted molar refractivity (Wildman–Crippen MR) is 44.3 cm³/mol. The minimum absolute atomic E-state index is 0.189. The smallest absolute Gasteiger partial charge is 0.299 e. The maximum absolute atomic E-state index is 13.0. The van der Waals surface area contributed by atoms with E-state index in [4.69, 9.17) is 0 Å². The van der Waals surface area contributed by atoms with Crippen LogP contribution in [0.25, 0.3) is 0 Å². The van der Waals surface area contributed by atoms with Crippen molar-refractivity contribution in [3.8, 4) is 0 Å². The molecule has 86 valence electrons. The van der Waals surface area contributed by atoms with E-state index < -0.39 is 40.1 Å². The van der Waals surface area contributed by atoms with Crippen LogP contribution in [0.1, 0.15) is 22.6 Å². The molecule has 0 aliphatic carbocycles. The van der Waals surface area contributed by atoms with Crippen LogP contribution in [0.3, 0.4) is 0 Å². The quantitative estimate of drug-likeness (QED) is 0.627. The van der Waals surface area contributed by atoms with Crippen LogP contribution in [0.15, 0.2) is 6.07 Å². The maximum Gasteiger partial charge on any atom is 0.299 e. The van der Waals surface area contributed by atoms with E-state index in [1.165, 1.54) is 0 Å². The molecule has 0 atom stereocenters. The Morgan fingerprint density at radius 3 is 2.50 bits per heavy atom. The molecule has 1 rings (SSSR count). The van der Waals surface area contributed by atoms with E-state index in [1.54, 1.807) is 0 Å². The molecule has 0 aliphatic heterocycles. The Morgan fingerprint density at radius 1 is 1.56 bits per heavy atom. The van der Waals surface area contributed by atoms with Crippen molar-refractivity contribution in [2.45, 2.75) is 6.43 Å². The first-order valence-corrected chi connectivity index (χ1v) is 3.77. The number of hydrogen-bond acceptors (Lipinski definition) is 4. The summed E-state index contributed by atoms with van der Waals surface area (Å²) in [7, 11) is 0. The van der Waals surface area contributed by atoms with E-state index in [9.17, 15) is 28.1 Å². The number of carbonyl (C=O) groups is 1. The minimum Gasteiger partial charge on any atom is -0.364 e. The number of nitrogens with zero attached hydrogens (tertiary/aromatic N) is 2. The Morgan fingerprint density at radius 2 is 2.12 bits per heavy atom. The number of nitrogens with two attached hydrogens (primary N) is 1. The molecule has 1 aromatic rings. The molecule has 0 fully saturated rings. The Balaban J connectivity index is 3.49. The topological polar surface area (TPSA) is 99.1 Å². The van der Waals surface area contributed by atoms with Crippen LogP contribution >= 0.6 is 0 Å². The molecule has 0 spiro atoms. The summed E-state index contributed by atoms with van der Waals surface area (Å²) in [4.78, 5) is 22.5. The normalized spacial score (nSPS) is 10.5. The van der Waals surface area contributed by atoms with E-state index in [-0.39, 0.29) is 6.07 Å². The van der Waals surface area contributed by atoms with Gasteiger partial charge in [0.1, 0.15) is 0 Å². The summed E-state index contributed by atoms with van der Waals surface area (Å²) < 4.78 is 37.6. The summed E-state index contributed by atoms with van der Waals surface area (Å²) in [6.07, 6.45) is -3.31. The number of rotatable bonds is 3. The van der Waals surface area contributed by atoms with Crippen molar-refractivity contribution in [1.82, 2.24) is 4.98 Å². The van der Waals surface area contributed by atoms with Gasteiger partial charge in [0.15, 0.2) is 17.2 Å². The van der Waals surface area contributed by atoms with Crippen LogP contribution in [-0.4, -0.2) is 15.8 Å². The fourth-order valence-corrected chi connectivity index (χ4v) is 0.973. The lowest BCUT2D eigenvalue weighted by molar-refractivity contribution is -0.386. The summed E-state index contributed by atoms with van der Waals surface area (Å²) in [6, 6.07) is 0.189. The zero-order valence-corrected chi connectivity index (χ0v) is 7.49. The van der Waals surface area contributed by atoms with Crippen LogP contribution in [-0.2, 0) is 0 Å². The predicted octanol–water partition coefficient (Wildman–Crippen LogP) is 1.17. The fourth-order valence-electron chi connectivity index (χ4n) is 0.973. The Kier molecular flexibility index (Phi) is 3.06. The van der Waals surface area contributed by atoms with E-state index >= 15 is 0 Å². The van der Waals surface area contributed by atoms with Crippen LogP contribution < -0.4 is 5.73 Å². The van der Waals surface area contributed by atoms with Gasteiger partial charge >= 0.3 is 0 Å². The van der Waals surface area contributed by atoms with Crippen molar-refractivity contribution >= 4 is 11.6 Å². The Hall–Kier alpha value is -2.19. The molecule has 0 aromatic carbocycles. The molecule has 0 bridgehead atoms. The van der Waals surface area contributed by atoms with Crippen LogP contribution in [0.5, 0.6) is 0 Å². The van der Waals surface area contributed by atoms with Gasteiger partial charge in [-0.25, -0.2) is 18.2 Å². The number of alkyl halides is 2. The number of primary amides is 1. The van der Waals surface area contributed by atoms with Gasteiger partial charge in [0, 0.05) is 0 Å². The molecule has 0 radical (unpaired) electrons. The fraction of sp³-hybridized carbons (Fsp3) is 0.143. The van der Waals surface area contributed by atoms with E-state index in [1.807, 2.05) is 0 Å². The van der Waals surface area contributed by atoms with Crippen molar-refractivity contribution < 1.29 is 22.9 Å². The van der Waals surface area contributed by atoms with Gasteiger partial charge in [0.2, 0.25) is 0 Å². The second kappa shape index (κ2) is 4.13. The standard InChI is InChI=1S/C7H4F3N3O3/c8-2-1-3(13(15)16)5(6(9)10)12-4(2)7(11)14/h1,6H,(H2,11,14). The number of pyridine rings is 1. The van der Waals surface area contributed by atoms with Crippen LogP contribution in [0, 0.1) is 15.9 Å². The highest BCUT2D eigenvalue weighted by Gasteiger charge is 2.27. The first kappa shape index (κ1) is 11.9. The van der Waals surface area contributed by atoms with Crippen molar-refractivity contribution in [2.24, 2.45) is 5.73 Å². The summed E-state index contributed by atoms with van der Waals surface area (Å²) in [6.45, 7) is 0. The molecule has 1 heterocycles. The zero-order valence-electron chi connectivity index (χ0n) is 7.49. The highest BCUT2D eigenvalue weighted by Crippen LogP contribution is 2.28. The van der Waals surface area contributed by atoms with Crippen LogP contribution in [0.4, 0.5) is 18.9 Å². The molecule has 6 nitrogen and oxygen atoms in total. The number of hydrogen-bond donors (Lipinski definition) is 1. The van der Waals surface area contributed by atoms with Crippen LogP contribution in [0.2, 0.25) is 0 Å². The largest absolute Gasteiger partial charge is 0.364 e. The molecule has 0 unspecified atom stereocenters. The highest BCUT2D eigenvalue weighted by atomic mass is 19.3. The molecule has 1 amide bonds. The molecule has 2 N–H and O–H groups in total. The Labute approximate surface area is 86.0 Å². The van der Waals surface area contributed by atoms with Gasteiger partial charge in [-0.1, -0.05) is 0 Å². The molecule has 0 saturated heterocycles. The monoisotopic (exact) mass is 235 g/mol. The molecular formula is C7H4F3N3O3. The summed E-state index contributed by atoms with van der Waals surface area (Å²) in [5.41, 5.74) is 1.11. The van der Waals surface area contributed by atoms with Crippen molar-refractivity contribution in [1.29, 1.82) is 0 Å². The molecule has 0 aliphatic rings. The van der Waals surface area contributed by atoms with E-state index in [0.717, 1.165) is 0 Å². The average molecular weight is 235 g/mol. The Bertz CT molecular complexity index is 464.